The molecule has 0 aliphatic rings. The minimum absolute atomic E-state index is 0.179. The summed E-state index contributed by atoms with van der Waals surface area (Å²) in [7, 11) is 0. The van der Waals surface area contributed by atoms with Gasteiger partial charge in [-0.15, -0.1) is 0 Å². The molecule has 3 amide bonds. The number of H-pyrrole nitrogens is 2. The molecule has 0 aliphatic heterocycles. The molecule has 1 heterocycles. The number of hydrogen-bond donors (Lipinski definition) is 5. The van der Waals surface area contributed by atoms with Gasteiger partial charge in [-0.25, -0.2) is 4.79 Å². The fourth-order valence-electron chi connectivity index (χ4n) is 2.58. The number of anilines is 1. The van der Waals surface area contributed by atoms with Crippen molar-refractivity contribution in [3.05, 3.63) is 64.6 Å². The van der Waals surface area contributed by atoms with Crippen LogP contribution < -0.4 is 21.6 Å². The fraction of sp³-hybridized carbons (Fsp3) is 0.158. The van der Waals surface area contributed by atoms with Gasteiger partial charge in [0.15, 0.2) is 0 Å². The summed E-state index contributed by atoms with van der Waals surface area (Å²) >= 11 is 0. The molecule has 0 radical (unpaired) electrons. The van der Waals surface area contributed by atoms with Crippen molar-refractivity contribution in [2.24, 2.45) is 0 Å². The quantitative estimate of drug-likeness (QED) is 0.401. The third-order valence-corrected chi connectivity index (χ3v) is 3.90. The van der Waals surface area contributed by atoms with E-state index in [9.17, 15) is 19.2 Å². The molecule has 144 valence electrons. The molecule has 0 unspecified atom stereocenters. The van der Waals surface area contributed by atoms with Crippen molar-refractivity contribution in [2.75, 3.05) is 18.4 Å². The van der Waals surface area contributed by atoms with Gasteiger partial charge in [0, 0.05) is 5.69 Å². The molecule has 5 N–H and O–H groups in total. The Morgan fingerprint density at radius 1 is 0.786 bits per heavy atom. The van der Waals surface area contributed by atoms with Gasteiger partial charge in [0.05, 0.1) is 30.5 Å². The number of benzene rings is 2. The van der Waals surface area contributed by atoms with Gasteiger partial charge in [-0.1, -0.05) is 30.3 Å². The molecular weight excluding hydrogens is 362 g/mol. The molecule has 2 aromatic carbocycles. The van der Waals surface area contributed by atoms with Crippen molar-refractivity contribution in [1.82, 2.24) is 20.6 Å². The van der Waals surface area contributed by atoms with Crippen LogP contribution in [-0.2, 0) is 20.8 Å². The number of carbonyl (C=O) groups is 3. The maximum Gasteiger partial charge on any atom is 0.323 e. The summed E-state index contributed by atoms with van der Waals surface area (Å²) in [5, 5.41) is 7.56. The lowest BCUT2D eigenvalue weighted by molar-refractivity contribution is -0.126. The second-order valence-corrected chi connectivity index (χ2v) is 6.10. The predicted molar refractivity (Wildman–Crippen MR) is 104 cm³/mol. The lowest BCUT2D eigenvalue weighted by Gasteiger charge is -2.08. The Morgan fingerprint density at radius 2 is 1.46 bits per heavy atom. The summed E-state index contributed by atoms with van der Waals surface area (Å²) in [4.78, 5) is 52.0. The Bertz CT molecular complexity index is 1050. The number of hydrogen-bond acceptors (Lipinski definition) is 4. The number of nitrogens with one attached hydrogen (secondary N) is 5. The SMILES string of the molecule is O=C(CNC(=O)Cc1ccccc1)NCC(=O)Nc1ccc2[nH]c(=O)[nH]c2c1. The normalized spacial score (nSPS) is 10.4. The molecule has 9 nitrogen and oxygen atoms in total. The Hall–Kier alpha value is -3.88. The highest BCUT2D eigenvalue weighted by Crippen LogP contribution is 2.14. The Labute approximate surface area is 159 Å². The van der Waals surface area contributed by atoms with Crippen LogP contribution in [0.25, 0.3) is 11.0 Å². The lowest BCUT2D eigenvalue weighted by Crippen LogP contribution is -2.40. The number of aromatic amines is 2. The highest BCUT2D eigenvalue weighted by Gasteiger charge is 2.09. The van der Waals surface area contributed by atoms with Crippen LogP contribution in [0.3, 0.4) is 0 Å². The Kier molecular flexibility index (Phi) is 5.85. The summed E-state index contributed by atoms with van der Waals surface area (Å²) < 4.78 is 0. The molecule has 0 saturated carbocycles. The van der Waals surface area contributed by atoms with Crippen LogP contribution in [0.2, 0.25) is 0 Å². The van der Waals surface area contributed by atoms with E-state index < -0.39 is 11.8 Å². The molecule has 1 aromatic heterocycles. The van der Waals surface area contributed by atoms with Crippen LogP contribution >= 0.6 is 0 Å². The zero-order valence-electron chi connectivity index (χ0n) is 14.9. The van der Waals surface area contributed by atoms with E-state index in [4.69, 9.17) is 0 Å². The zero-order valence-corrected chi connectivity index (χ0v) is 14.9. The summed E-state index contributed by atoms with van der Waals surface area (Å²) in [5.74, 6) is -1.18. The smallest absolute Gasteiger partial charge is 0.323 e. The van der Waals surface area contributed by atoms with E-state index in [1.807, 2.05) is 30.3 Å². The molecule has 0 atom stereocenters. The third kappa shape index (κ3) is 5.31. The van der Waals surface area contributed by atoms with Gasteiger partial charge < -0.3 is 25.9 Å². The van der Waals surface area contributed by atoms with E-state index in [1.165, 1.54) is 0 Å². The first-order valence-corrected chi connectivity index (χ1v) is 8.59. The molecule has 9 heteroatoms. The summed E-state index contributed by atoms with van der Waals surface area (Å²) in [6.45, 7) is -0.454. The van der Waals surface area contributed by atoms with Crippen LogP contribution in [0.4, 0.5) is 5.69 Å². The molecule has 0 saturated heterocycles. The molecule has 3 rings (SSSR count). The number of imidazole rings is 1. The molecule has 28 heavy (non-hydrogen) atoms. The van der Waals surface area contributed by atoms with Crippen LogP contribution in [0.1, 0.15) is 5.56 Å². The standard InChI is InChI=1S/C19H19N5O4/c25-16(8-12-4-2-1-3-5-12)20-10-17(26)21-11-18(27)22-13-6-7-14-15(9-13)24-19(28)23-14/h1-7,9H,8,10-11H2,(H,20,25)(H,21,26)(H,22,27)(H2,23,24,28). The van der Waals surface area contributed by atoms with Crippen LogP contribution in [0.15, 0.2) is 53.3 Å². The van der Waals surface area contributed by atoms with E-state index in [0.717, 1.165) is 5.56 Å². The van der Waals surface area contributed by atoms with E-state index in [-0.39, 0.29) is 31.1 Å². The van der Waals surface area contributed by atoms with Crippen molar-refractivity contribution < 1.29 is 14.4 Å². The molecule has 0 aliphatic carbocycles. The van der Waals surface area contributed by atoms with Gasteiger partial charge in [-0.3, -0.25) is 14.4 Å². The van der Waals surface area contributed by atoms with Gasteiger partial charge in [0.25, 0.3) is 0 Å². The molecule has 3 aromatic rings. The molecular formula is C19H19N5O4. The third-order valence-electron chi connectivity index (χ3n) is 3.90. The highest BCUT2D eigenvalue weighted by molar-refractivity contribution is 5.96. The average Bonchev–Trinajstić information content (AvgIpc) is 3.05. The second kappa shape index (κ2) is 8.67. The van der Waals surface area contributed by atoms with Gasteiger partial charge in [0.1, 0.15) is 0 Å². The Morgan fingerprint density at radius 3 is 2.25 bits per heavy atom. The highest BCUT2D eigenvalue weighted by atomic mass is 16.2. The van der Waals surface area contributed by atoms with Gasteiger partial charge in [-0.05, 0) is 23.8 Å². The number of rotatable bonds is 7. The number of carbonyl (C=O) groups excluding carboxylic acids is 3. The summed E-state index contributed by atoms with van der Waals surface area (Å²) in [5.41, 5.74) is 2.19. The number of amides is 3. The largest absolute Gasteiger partial charge is 0.347 e. The Balaban J connectivity index is 1.40. The van der Waals surface area contributed by atoms with E-state index in [1.54, 1.807) is 18.2 Å². The van der Waals surface area contributed by atoms with Gasteiger partial charge in [0.2, 0.25) is 17.7 Å². The van der Waals surface area contributed by atoms with Crippen molar-refractivity contribution >= 4 is 34.4 Å². The minimum atomic E-state index is -0.470. The maximum atomic E-state index is 11.9. The molecule has 0 fully saturated rings. The summed E-state index contributed by atoms with van der Waals surface area (Å²) in [6, 6.07) is 14.1. The van der Waals surface area contributed by atoms with E-state index in [0.29, 0.717) is 16.7 Å². The van der Waals surface area contributed by atoms with Crippen LogP contribution in [0, 0.1) is 0 Å². The van der Waals surface area contributed by atoms with E-state index >= 15 is 0 Å². The first kappa shape index (κ1) is 18.9. The first-order chi connectivity index (χ1) is 13.5. The van der Waals surface area contributed by atoms with Gasteiger partial charge >= 0.3 is 5.69 Å². The maximum absolute atomic E-state index is 11.9. The number of fused-ring (bicyclic) bond motifs is 1. The van der Waals surface area contributed by atoms with Gasteiger partial charge in [-0.2, -0.15) is 0 Å². The lowest BCUT2D eigenvalue weighted by atomic mass is 10.1. The number of aromatic nitrogens is 2. The zero-order chi connectivity index (χ0) is 19.9. The topological polar surface area (TPSA) is 136 Å². The minimum Gasteiger partial charge on any atom is -0.347 e. The van der Waals surface area contributed by atoms with Crippen LogP contribution in [-0.4, -0.2) is 40.8 Å². The second-order valence-electron chi connectivity index (χ2n) is 6.10. The summed E-state index contributed by atoms with van der Waals surface area (Å²) in [6.07, 6.45) is 0.179. The molecule has 0 spiro atoms. The predicted octanol–water partition coefficient (Wildman–Crippen LogP) is 0.270. The monoisotopic (exact) mass is 381 g/mol. The molecule has 0 bridgehead atoms. The van der Waals surface area contributed by atoms with Crippen molar-refractivity contribution in [3.8, 4) is 0 Å². The average molecular weight is 381 g/mol. The fourth-order valence-corrected chi connectivity index (χ4v) is 2.58. The van der Waals surface area contributed by atoms with Crippen molar-refractivity contribution in [3.63, 3.8) is 0 Å². The first-order valence-electron chi connectivity index (χ1n) is 8.59. The van der Waals surface area contributed by atoms with Crippen molar-refractivity contribution in [1.29, 1.82) is 0 Å². The van der Waals surface area contributed by atoms with E-state index in [2.05, 4.69) is 25.9 Å². The van der Waals surface area contributed by atoms with Crippen LogP contribution in [0.5, 0.6) is 0 Å². The van der Waals surface area contributed by atoms with Crippen molar-refractivity contribution in [2.45, 2.75) is 6.42 Å².